The van der Waals surface area contributed by atoms with Crippen LogP contribution in [-0.4, -0.2) is 47.1 Å². The molecule has 3 fully saturated rings. The predicted molar refractivity (Wildman–Crippen MR) is 116 cm³/mol. The molecule has 160 valence electrons. The van der Waals surface area contributed by atoms with Crippen LogP contribution >= 0.6 is 11.8 Å². The van der Waals surface area contributed by atoms with Crippen molar-refractivity contribution in [3.63, 3.8) is 0 Å². The monoisotopic (exact) mass is 426 g/mol. The fraction of sp³-hybridized carbons (Fsp3) is 0.652. The van der Waals surface area contributed by atoms with E-state index < -0.39 is 0 Å². The molecule has 2 amide bonds. The van der Waals surface area contributed by atoms with Crippen molar-refractivity contribution in [2.75, 3.05) is 19.3 Å². The second-order valence-corrected chi connectivity index (χ2v) is 9.57. The SMILES string of the molecule is CSc1nc(C2CC2)cc(C(=O)N2CCC(NC(=O)C3CCCCC3)CC2)c1C#N. The number of hydrogen-bond donors (Lipinski definition) is 1. The second kappa shape index (κ2) is 9.38. The molecule has 0 bridgehead atoms. The van der Waals surface area contributed by atoms with Crippen LogP contribution in [0.25, 0.3) is 0 Å². The molecule has 30 heavy (non-hydrogen) atoms. The second-order valence-electron chi connectivity index (χ2n) is 8.78. The average molecular weight is 427 g/mol. The van der Waals surface area contributed by atoms with Gasteiger partial charge in [0, 0.05) is 36.7 Å². The van der Waals surface area contributed by atoms with Crippen LogP contribution in [0.1, 0.15) is 85.3 Å². The number of carbonyl (C=O) groups excluding carboxylic acids is 2. The lowest BCUT2D eigenvalue weighted by Crippen LogP contribution is -2.48. The Morgan fingerprint density at radius 2 is 1.83 bits per heavy atom. The first kappa shape index (κ1) is 21.2. The van der Waals surface area contributed by atoms with E-state index >= 15 is 0 Å². The summed E-state index contributed by atoms with van der Waals surface area (Å²) < 4.78 is 0. The number of likely N-dealkylation sites (tertiary alicyclic amines) is 1. The van der Waals surface area contributed by atoms with Gasteiger partial charge < -0.3 is 10.2 Å². The van der Waals surface area contributed by atoms with Gasteiger partial charge in [-0.1, -0.05) is 19.3 Å². The number of nitrogens with zero attached hydrogens (tertiary/aromatic N) is 3. The molecule has 0 aromatic carbocycles. The van der Waals surface area contributed by atoms with Crippen molar-refractivity contribution in [2.45, 2.75) is 74.8 Å². The molecular weight excluding hydrogens is 396 g/mol. The molecule has 0 unspecified atom stereocenters. The quantitative estimate of drug-likeness (QED) is 0.723. The van der Waals surface area contributed by atoms with Crippen LogP contribution in [0.2, 0.25) is 0 Å². The molecule has 0 spiro atoms. The molecule has 0 radical (unpaired) electrons. The molecule has 6 nitrogen and oxygen atoms in total. The van der Waals surface area contributed by atoms with Crippen molar-refractivity contribution in [2.24, 2.45) is 5.92 Å². The molecule has 3 aliphatic rings. The Bertz CT molecular complexity index is 847. The van der Waals surface area contributed by atoms with Gasteiger partial charge in [-0.05, 0) is 50.8 Å². The van der Waals surface area contributed by atoms with Gasteiger partial charge in [-0.25, -0.2) is 4.98 Å². The molecule has 4 rings (SSSR count). The Kier molecular flexibility index (Phi) is 6.62. The van der Waals surface area contributed by atoms with Crippen LogP contribution in [0, 0.1) is 17.2 Å². The number of nitrogens with one attached hydrogen (secondary N) is 1. The maximum absolute atomic E-state index is 13.3. The van der Waals surface area contributed by atoms with Crippen LogP contribution in [0.4, 0.5) is 0 Å². The van der Waals surface area contributed by atoms with Crippen LogP contribution in [0.15, 0.2) is 11.1 Å². The maximum Gasteiger partial charge on any atom is 0.255 e. The van der Waals surface area contributed by atoms with Crippen molar-refractivity contribution in [3.05, 3.63) is 22.9 Å². The number of pyridine rings is 1. The standard InChI is InChI=1S/C23H30N4O2S/c1-30-22-19(14-24)18(13-20(26-22)15-7-8-15)23(29)27-11-9-17(10-12-27)25-21(28)16-5-3-2-4-6-16/h13,15-17H,2-12H2,1H3,(H,25,28). The smallest absolute Gasteiger partial charge is 0.255 e. The molecular formula is C23H30N4O2S. The highest BCUT2D eigenvalue weighted by Crippen LogP contribution is 2.40. The van der Waals surface area contributed by atoms with Crippen LogP contribution < -0.4 is 5.32 Å². The number of carbonyl (C=O) groups is 2. The van der Waals surface area contributed by atoms with Crippen LogP contribution in [0.3, 0.4) is 0 Å². The number of aromatic nitrogens is 1. The van der Waals surface area contributed by atoms with E-state index in [1.54, 1.807) is 0 Å². The van der Waals surface area contributed by atoms with Gasteiger partial charge in [0.15, 0.2) is 0 Å². The van der Waals surface area contributed by atoms with E-state index in [-0.39, 0.29) is 23.8 Å². The first-order chi connectivity index (χ1) is 14.6. The van der Waals surface area contributed by atoms with Crippen LogP contribution in [0.5, 0.6) is 0 Å². The molecule has 0 atom stereocenters. The summed E-state index contributed by atoms with van der Waals surface area (Å²) in [5.41, 5.74) is 1.82. The molecule has 2 heterocycles. The normalized spacial score (nSPS) is 20.6. The van der Waals surface area contributed by atoms with Gasteiger partial charge in [-0.3, -0.25) is 9.59 Å². The maximum atomic E-state index is 13.3. The van der Waals surface area contributed by atoms with Gasteiger partial charge in [0.05, 0.1) is 11.1 Å². The number of thioether (sulfide) groups is 1. The van der Waals surface area contributed by atoms with Crippen molar-refractivity contribution in [1.29, 1.82) is 5.26 Å². The molecule has 2 aliphatic carbocycles. The Labute approximate surface area is 182 Å². The van der Waals surface area contributed by atoms with Crippen molar-refractivity contribution >= 4 is 23.6 Å². The lowest BCUT2D eigenvalue weighted by Gasteiger charge is -2.34. The highest BCUT2D eigenvalue weighted by atomic mass is 32.2. The first-order valence-electron chi connectivity index (χ1n) is 11.2. The Morgan fingerprint density at radius 3 is 2.43 bits per heavy atom. The van der Waals surface area contributed by atoms with Crippen molar-refractivity contribution in [1.82, 2.24) is 15.2 Å². The third kappa shape index (κ3) is 4.64. The average Bonchev–Trinajstić information content (AvgIpc) is 3.64. The molecule has 1 N–H and O–H groups in total. The third-order valence-corrected chi connectivity index (χ3v) is 7.32. The minimum Gasteiger partial charge on any atom is -0.353 e. The van der Waals surface area contributed by atoms with Crippen molar-refractivity contribution in [3.8, 4) is 6.07 Å². The number of hydrogen-bond acceptors (Lipinski definition) is 5. The molecule has 1 aliphatic heterocycles. The Morgan fingerprint density at radius 1 is 1.13 bits per heavy atom. The Balaban J connectivity index is 1.40. The Hall–Kier alpha value is -2.07. The van der Waals surface area contributed by atoms with Crippen LogP contribution in [-0.2, 0) is 4.79 Å². The zero-order valence-corrected chi connectivity index (χ0v) is 18.5. The van der Waals surface area contributed by atoms with Gasteiger partial charge >= 0.3 is 0 Å². The third-order valence-electron chi connectivity index (χ3n) is 6.64. The molecule has 1 aromatic rings. The van der Waals surface area contributed by atoms with Gasteiger partial charge in [0.1, 0.15) is 11.1 Å². The summed E-state index contributed by atoms with van der Waals surface area (Å²) in [6.07, 6.45) is 11.2. The van der Waals surface area contributed by atoms with Crippen molar-refractivity contribution < 1.29 is 9.59 Å². The van der Waals surface area contributed by atoms with Gasteiger partial charge in [0.2, 0.25) is 5.91 Å². The van der Waals surface area contributed by atoms with E-state index in [0.717, 1.165) is 57.1 Å². The molecule has 1 aromatic heterocycles. The number of piperidine rings is 1. The number of rotatable bonds is 5. The molecule has 1 saturated heterocycles. The summed E-state index contributed by atoms with van der Waals surface area (Å²) >= 11 is 1.43. The van der Waals surface area contributed by atoms with E-state index in [4.69, 9.17) is 0 Å². The van der Waals surface area contributed by atoms with Gasteiger partial charge in [-0.2, -0.15) is 5.26 Å². The summed E-state index contributed by atoms with van der Waals surface area (Å²) in [6, 6.07) is 4.19. The predicted octanol–water partition coefficient (Wildman–Crippen LogP) is 3.85. The van der Waals surface area contributed by atoms with E-state index in [0.29, 0.717) is 35.2 Å². The lowest BCUT2D eigenvalue weighted by atomic mass is 9.88. The fourth-order valence-electron chi connectivity index (χ4n) is 4.63. The fourth-order valence-corrected chi connectivity index (χ4v) is 5.19. The zero-order chi connectivity index (χ0) is 21.1. The minimum absolute atomic E-state index is 0.0804. The highest BCUT2D eigenvalue weighted by Gasteiger charge is 2.32. The zero-order valence-electron chi connectivity index (χ0n) is 17.7. The number of nitriles is 1. The molecule has 2 saturated carbocycles. The van der Waals surface area contributed by atoms with E-state index in [2.05, 4.69) is 16.4 Å². The van der Waals surface area contributed by atoms with Gasteiger partial charge in [0.25, 0.3) is 5.91 Å². The minimum atomic E-state index is -0.0804. The first-order valence-corrected chi connectivity index (χ1v) is 12.4. The van der Waals surface area contributed by atoms with Gasteiger partial charge in [-0.15, -0.1) is 11.8 Å². The lowest BCUT2D eigenvalue weighted by molar-refractivity contribution is -0.126. The largest absolute Gasteiger partial charge is 0.353 e. The summed E-state index contributed by atoms with van der Waals surface area (Å²) in [7, 11) is 0. The van der Waals surface area contributed by atoms with E-state index in [9.17, 15) is 14.9 Å². The van der Waals surface area contributed by atoms with E-state index in [1.807, 2.05) is 17.2 Å². The topological polar surface area (TPSA) is 86.1 Å². The summed E-state index contributed by atoms with van der Waals surface area (Å²) in [4.78, 5) is 32.3. The van der Waals surface area contributed by atoms with E-state index in [1.165, 1.54) is 18.2 Å². The summed E-state index contributed by atoms with van der Waals surface area (Å²) in [6.45, 7) is 1.21. The summed E-state index contributed by atoms with van der Waals surface area (Å²) in [5, 5.41) is 13.5. The number of amides is 2. The highest BCUT2D eigenvalue weighted by molar-refractivity contribution is 7.98. The molecule has 7 heteroatoms. The summed E-state index contributed by atoms with van der Waals surface area (Å²) in [5.74, 6) is 0.706.